The van der Waals surface area contributed by atoms with Crippen LogP contribution in [0.3, 0.4) is 0 Å². The summed E-state index contributed by atoms with van der Waals surface area (Å²) in [6.45, 7) is 3.61. The number of hydrogen-bond donors (Lipinski definition) is 1. The van der Waals surface area contributed by atoms with E-state index in [2.05, 4.69) is 12.2 Å². The molecule has 8 heavy (non-hydrogen) atoms. The fourth-order valence-electron chi connectivity index (χ4n) is 2.05. The Hall–Kier alpha value is -0.0400. The summed E-state index contributed by atoms with van der Waals surface area (Å²) in [4.78, 5) is 0. The number of fused-ring (bicyclic) bond motifs is 1. The lowest BCUT2D eigenvalue weighted by molar-refractivity contribution is 0.189. The largest absolute Gasteiger partial charge is 0.313 e. The number of hydrogen-bond acceptors (Lipinski definition) is 1. The zero-order valence-corrected chi connectivity index (χ0v) is 5.41. The van der Waals surface area contributed by atoms with Crippen LogP contribution in [0.25, 0.3) is 0 Å². The molecule has 0 amide bonds. The van der Waals surface area contributed by atoms with Gasteiger partial charge < -0.3 is 5.32 Å². The maximum atomic E-state index is 3.49. The van der Waals surface area contributed by atoms with E-state index in [-0.39, 0.29) is 0 Å². The van der Waals surface area contributed by atoms with E-state index in [0.29, 0.717) is 0 Å². The Bertz CT molecular complexity index is 97.4. The monoisotopic (exact) mass is 111 g/mol. The third kappa shape index (κ3) is 0.408. The van der Waals surface area contributed by atoms with E-state index in [4.69, 9.17) is 0 Å². The Morgan fingerprint density at radius 2 is 2.38 bits per heavy atom. The lowest BCUT2D eigenvalue weighted by atomic mass is 9.69. The van der Waals surface area contributed by atoms with Crippen LogP contribution in [0.1, 0.15) is 26.2 Å². The molecule has 0 radical (unpaired) electrons. The smallest absolute Gasteiger partial charge is 0.00788 e. The first kappa shape index (κ1) is 4.80. The van der Waals surface area contributed by atoms with Crippen LogP contribution in [0.15, 0.2) is 0 Å². The predicted molar refractivity (Wildman–Crippen MR) is 33.7 cm³/mol. The third-order valence-corrected chi connectivity index (χ3v) is 2.87. The van der Waals surface area contributed by atoms with Gasteiger partial charge in [-0.3, -0.25) is 0 Å². The molecular formula is C7H13N. The van der Waals surface area contributed by atoms with Gasteiger partial charge in [-0.15, -0.1) is 0 Å². The van der Waals surface area contributed by atoms with Crippen LogP contribution >= 0.6 is 0 Å². The Morgan fingerprint density at radius 3 is 2.62 bits per heavy atom. The van der Waals surface area contributed by atoms with Crippen molar-refractivity contribution in [2.75, 3.05) is 6.54 Å². The van der Waals surface area contributed by atoms with Gasteiger partial charge in [-0.05, 0) is 24.7 Å². The molecule has 1 aliphatic carbocycles. The molecule has 2 aliphatic heterocycles. The lowest BCUT2D eigenvalue weighted by Crippen LogP contribution is -2.32. The maximum absolute atomic E-state index is 3.49. The molecule has 1 nitrogen and oxygen atoms in total. The van der Waals surface area contributed by atoms with Crippen LogP contribution in [-0.4, -0.2) is 12.6 Å². The molecular weight excluding hydrogens is 98.1 g/mol. The molecule has 0 aromatic carbocycles. The van der Waals surface area contributed by atoms with Gasteiger partial charge in [0.25, 0.3) is 0 Å². The molecule has 2 saturated heterocycles. The summed E-state index contributed by atoms with van der Waals surface area (Å²) in [5.74, 6) is 0. The van der Waals surface area contributed by atoms with Gasteiger partial charge in [0.05, 0.1) is 0 Å². The molecule has 0 aromatic rings. The van der Waals surface area contributed by atoms with Crippen molar-refractivity contribution in [3.8, 4) is 0 Å². The summed E-state index contributed by atoms with van der Waals surface area (Å²) in [6.07, 6.45) is 4.31. The predicted octanol–water partition coefficient (Wildman–Crippen LogP) is 1.15. The first-order valence-corrected chi connectivity index (χ1v) is 3.58. The molecule has 0 unspecified atom stereocenters. The van der Waals surface area contributed by atoms with E-state index >= 15 is 0 Å². The van der Waals surface area contributed by atoms with Crippen molar-refractivity contribution in [3.05, 3.63) is 0 Å². The molecule has 2 bridgehead atoms. The average molecular weight is 111 g/mol. The SMILES string of the molecule is CCC12CNC(C1)C2. The average Bonchev–Trinajstić information content (AvgIpc) is 2.17. The van der Waals surface area contributed by atoms with Gasteiger partial charge in [0.15, 0.2) is 0 Å². The first-order chi connectivity index (χ1) is 3.85. The van der Waals surface area contributed by atoms with Gasteiger partial charge in [0.1, 0.15) is 0 Å². The fourth-order valence-corrected chi connectivity index (χ4v) is 2.05. The van der Waals surface area contributed by atoms with Crippen molar-refractivity contribution in [3.63, 3.8) is 0 Å². The van der Waals surface area contributed by atoms with Crippen LogP contribution < -0.4 is 5.32 Å². The molecule has 1 saturated carbocycles. The van der Waals surface area contributed by atoms with Gasteiger partial charge in [-0.25, -0.2) is 0 Å². The van der Waals surface area contributed by atoms with Crippen molar-refractivity contribution in [1.29, 1.82) is 0 Å². The minimum Gasteiger partial charge on any atom is -0.313 e. The Morgan fingerprint density at radius 1 is 1.62 bits per heavy atom. The summed E-state index contributed by atoms with van der Waals surface area (Å²) in [5, 5.41) is 3.49. The highest BCUT2D eigenvalue weighted by Gasteiger charge is 2.48. The Labute approximate surface area is 50.5 Å². The van der Waals surface area contributed by atoms with Crippen LogP contribution in [0.5, 0.6) is 0 Å². The van der Waals surface area contributed by atoms with Crippen molar-refractivity contribution >= 4 is 0 Å². The highest BCUT2D eigenvalue weighted by Crippen LogP contribution is 2.48. The van der Waals surface area contributed by atoms with Crippen LogP contribution in [-0.2, 0) is 0 Å². The van der Waals surface area contributed by atoms with Crippen LogP contribution in [0, 0.1) is 5.41 Å². The second-order valence-corrected chi connectivity index (χ2v) is 3.34. The Balaban J connectivity index is 2.09. The minimum atomic E-state index is 0.769. The van der Waals surface area contributed by atoms with Crippen molar-refractivity contribution in [2.45, 2.75) is 32.2 Å². The van der Waals surface area contributed by atoms with Gasteiger partial charge in [0.2, 0.25) is 0 Å². The molecule has 1 heteroatoms. The molecule has 3 aliphatic rings. The van der Waals surface area contributed by atoms with Gasteiger partial charge >= 0.3 is 0 Å². The molecule has 46 valence electrons. The summed E-state index contributed by atoms with van der Waals surface area (Å²) in [6, 6.07) is 0.912. The second-order valence-electron chi connectivity index (χ2n) is 3.34. The number of rotatable bonds is 1. The highest BCUT2D eigenvalue weighted by atomic mass is 15.0. The molecule has 2 heterocycles. The van der Waals surface area contributed by atoms with E-state index in [1.807, 2.05) is 0 Å². The van der Waals surface area contributed by atoms with Gasteiger partial charge in [-0.2, -0.15) is 0 Å². The summed E-state index contributed by atoms with van der Waals surface area (Å²) < 4.78 is 0. The summed E-state index contributed by atoms with van der Waals surface area (Å²) >= 11 is 0. The minimum absolute atomic E-state index is 0.769. The molecule has 3 rings (SSSR count). The number of nitrogens with one attached hydrogen (secondary N) is 1. The van der Waals surface area contributed by atoms with Crippen molar-refractivity contribution < 1.29 is 0 Å². The Kier molecular flexibility index (Phi) is 0.762. The standard InChI is InChI=1S/C7H13N/c1-2-7-3-6(4-7)8-5-7/h6,8H,2-5H2,1H3. The zero-order chi connectivity index (χ0) is 5.61. The lowest BCUT2D eigenvalue weighted by Gasteiger charge is -2.35. The van der Waals surface area contributed by atoms with Gasteiger partial charge in [0, 0.05) is 12.6 Å². The van der Waals surface area contributed by atoms with Crippen LogP contribution in [0.4, 0.5) is 0 Å². The normalized spacial score (nSPS) is 51.4. The van der Waals surface area contributed by atoms with Gasteiger partial charge in [-0.1, -0.05) is 6.92 Å². The van der Waals surface area contributed by atoms with E-state index in [1.165, 1.54) is 25.8 Å². The third-order valence-electron chi connectivity index (χ3n) is 2.87. The second kappa shape index (κ2) is 1.27. The fraction of sp³-hybridized carbons (Fsp3) is 1.00. The van der Waals surface area contributed by atoms with Crippen molar-refractivity contribution in [2.24, 2.45) is 5.41 Å². The molecule has 0 spiro atoms. The van der Waals surface area contributed by atoms with Crippen molar-refractivity contribution in [1.82, 2.24) is 5.32 Å². The summed E-state index contributed by atoms with van der Waals surface area (Å²) in [7, 11) is 0. The first-order valence-electron chi connectivity index (χ1n) is 3.58. The summed E-state index contributed by atoms with van der Waals surface area (Å²) in [5.41, 5.74) is 0.769. The zero-order valence-electron chi connectivity index (χ0n) is 5.41. The van der Waals surface area contributed by atoms with E-state index in [0.717, 1.165) is 11.5 Å². The topological polar surface area (TPSA) is 12.0 Å². The molecule has 0 aromatic heterocycles. The molecule has 0 atom stereocenters. The molecule has 3 fully saturated rings. The van der Waals surface area contributed by atoms with E-state index < -0.39 is 0 Å². The maximum Gasteiger partial charge on any atom is 0.00788 e. The van der Waals surface area contributed by atoms with Crippen LogP contribution in [0.2, 0.25) is 0 Å². The quantitative estimate of drug-likeness (QED) is 0.535. The molecule has 1 N–H and O–H groups in total. The van der Waals surface area contributed by atoms with E-state index in [1.54, 1.807) is 0 Å². The highest BCUT2D eigenvalue weighted by molar-refractivity contribution is 5.05. The van der Waals surface area contributed by atoms with E-state index in [9.17, 15) is 0 Å².